The average molecular weight is 372 g/mol. The van der Waals surface area contributed by atoms with Gasteiger partial charge in [0.15, 0.2) is 0 Å². The monoisotopic (exact) mass is 372 g/mol. The average Bonchev–Trinajstić information content (AvgIpc) is 3.16. The summed E-state index contributed by atoms with van der Waals surface area (Å²) in [7, 11) is 1.50. The smallest absolute Gasteiger partial charge is 0.251 e. The number of nitrogens with two attached hydrogens (primary N) is 1. The second kappa shape index (κ2) is 9.01. The zero-order chi connectivity index (χ0) is 19.2. The number of nitrogens with one attached hydrogen (secondary N) is 1. The molecule has 1 amide bonds. The van der Waals surface area contributed by atoms with Crippen molar-refractivity contribution in [1.29, 1.82) is 0 Å². The fourth-order valence-electron chi connectivity index (χ4n) is 3.80. The largest absolute Gasteiger partial charge is 0.493 e. The Labute approximate surface area is 159 Å². The van der Waals surface area contributed by atoms with E-state index in [1.54, 1.807) is 10.6 Å². The lowest BCUT2D eigenvalue weighted by molar-refractivity contribution is -0.125. The van der Waals surface area contributed by atoms with Crippen molar-refractivity contribution in [2.75, 3.05) is 33.3 Å². The van der Waals surface area contributed by atoms with Crippen LogP contribution < -0.4 is 21.3 Å². The molecule has 0 aliphatic carbocycles. The molecule has 1 saturated heterocycles. The van der Waals surface area contributed by atoms with E-state index in [1.165, 1.54) is 7.05 Å². The van der Waals surface area contributed by atoms with E-state index in [-0.39, 0.29) is 17.5 Å². The molecule has 1 aromatic carbocycles. The van der Waals surface area contributed by atoms with Gasteiger partial charge in [-0.1, -0.05) is 0 Å². The first-order valence-corrected chi connectivity index (χ1v) is 9.58. The number of carbonyl (C=O) groups is 1. The molecular weight excluding hydrogens is 344 g/mol. The van der Waals surface area contributed by atoms with Crippen LogP contribution >= 0.6 is 0 Å². The molecule has 27 heavy (non-hydrogen) atoms. The normalized spacial score (nSPS) is 20.8. The minimum Gasteiger partial charge on any atom is -0.493 e. The van der Waals surface area contributed by atoms with Crippen LogP contribution in [0.5, 0.6) is 5.75 Å². The van der Waals surface area contributed by atoms with E-state index in [9.17, 15) is 9.59 Å². The molecule has 3 heterocycles. The van der Waals surface area contributed by atoms with Gasteiger partial charge >= 0.3 is 0 Å². The molecule has 0 spiro atoms. The van der Waals surface area contributed by atoms with E-state index in [4.69, 9.17) is 4.74 Å². The van der Waals surface area contributed by atoms with E-state index < -0.39 is 0 Å². The minimum absolute atomic E-state index is 0.0167. The molecule has 2 aliphatic rings. The van der Waals surface area contributed by atoms with Crippen molar-refractivity contribution < 1.29 is 9.53 Å². The van der Waals surface area contributed by atoms with Gasteiger partial charge in [0.25, 0.3) is 5.56 Å². The minimum atomic E-state index is -0.0786. The van der Waals surface area contributed by atoms with E-state index in [0.29, 0.717) is 26.2 Å². The first kappa shape index (κ1) is 19.4. The van der Waals surface area contributed by atoms with Crippen LogP contribution in [0.25, 0.3) is 10.9 Å². The Morgan fingerprint density at radius 1 is 1.07 bits per heavy atom. The van der Waals surface area contributed by atoms with E-state index in [2.05, 4.69) is 16.0 Å². The predicted octanol–water partition coefficient (Wildman–Crippen LogP) is 0.940. The number of benzene rings is 1. The van der Waals surface area contributed by atoms with Crippen LogP contribution in [0.2, 0.25) is 0 Å². The van der Waals surface area contributed by atoms with Crippen molar-refractivity contribution in [2.24, 2.45) is 5.73 Å². The fourth-order valence-corrected chi connectivity index (χ4v) is 3.80. The molecular formula is C20H28N4O3. The summed E-state index contributed by atoms with van der Waals surface area (Å²) in [5.74, 6) is 0.855. The SMILES string of the molecule is CN.O=C1NCCCOc2ccc3ccc(=O)n(c3c2)CCN2CCC[C@@H]12. The molecule has 1 fully saturated rings. The van der Waals surface area contributed by atoms with Gasteiger partial charge in [0, 0.05) is 31.8 Å². The number of amides is 1. The van der Waals surface area contributed by atoms with Gasteiger partial charge in [-0.15, -0.1) is 0 Å². The summed E-state index contributed by atoms with van der Waals surface area (Å²) in [6, 6.07) is 9.26. The zero-order valence-corrected chi connectivity index (χ0v) is 15.8. The number of nitrogens with zero attached hydrogens (tertiary/aromatic N) is 2. The van der Waals surface area contributed by atoms with Crippen LogP contribution in [0.1, 0.15) is 19.3 Å². The van der Waals surface area contributed by atoms with E-state index in [1.807, 2.05) is 24.3 Å². The van der Waals surface area contributed by atoms with Crippen molar-refractivity contribution in [1.82, 2.24) is 14.8 Å². The highest BCUT2D eigenvalue weighted by Gasteiger charge is 2.30. The molecule has 2 aromatic rings. The van der Waals surface area contributed by atoms with Crippen molar-refractivity contribution in [3.8, 4) is 5.75 Å². The van der Waals surface area contributed by atoms with Gasteiger partial charge < -0.3 is 20.4 Å². The Morgan fingerprint density at radius 3 is 2.74 bits per heavy atom. The number of hydrogen-bond acceptors (Lipinski definition) is 5. The Balaban J connectivity index is 0.00000102. The van der Waals surface area contributed by atoms with Crippen LogP contribution in [0, 0.1) is 0 Å². The third-order valence-corrected chi connectivity index (χ3v) is 5.13. The van der Waals surface area contributed by atoms with Gasteiger partial charge in [-0.3, -0.25) is 14.5 Å². The lowest BCUT2D eigenvalue weighted by atomic mass is 10.2. The highest BCUT2D eigenvalue weighted by molar-refractivity contribution is 5.82. The van der Waals surface area contributed by atoms with Gasteiger partial charge in [-0.2, -0.15) is 0 Å². The molecule has 2 bridgehead atoms. The first-order valence-electron chi connectivity index (χ1n) is 9.58. The molecule has 4 rings (SSSR count). The lowest BCUT2D eigenvalue weighted by Gasteiger charge is -2.24. The molecule has 3 N–H and O–H groups in total. The second-order valence-corrected chi connectivity index (χ2v) is 6.73. The van der Waals surface area contributed by atoms with Gasteiger partial charge in [-0.05, 0) is 56.4 Å². The van der Waals surface area contributed by atoms with E-state index in [0.717, 1.165) is 42.5 Å². The van der Waals surface area contributed by atoms with Crippen LogP contribution in [0.4, 0.5) is 0 Å². The van der Waals surface area contributed by atoms with E-state index >= 15 is 0 Å². The van der Waals surface area contributed by atoms with Crippen molar-refractivity contribution in [3.63, 3.8) is 0 Å². The molecule has 146 valence electrons. The van der Waals surface area contributed by atoms with Crippen molar-refractivity contribution in [3.05, 3.63) is 40.7 Å². The second-order valence-electron chi connectivity index (χ2n) is 6.73. The number of rotatable bonds is 0. The van der Waals surface area contributed by atoms with Crippen molar-refractivity contribution in [2.45, 2.75) is 31.8 Å². The molecule has 7 nitrogen and oxygen atoms in total. The van der Waals surface area contributed by atoms with Crippen LogP contribution in [-0.4, -0.2) is 54.7 Å². The maximum absolute atomic E-state index is 12.4. The number of hydrogen-bond donors (Lipinski definition) is 2. The zero-order valence-electron chi connectivity index (χ0n) is 15.8. The molecule has 0 unspecified atom stereocenters. The molecule has 0 saturated carbocycles. The third kappa shape index (κ3) is 4.31. The summed E-state index contributed by atoms with van der Waals surface area (Å²) in [5.41, 5.74) is 5.37. The van der Waals surface area contributed by atoms with Crippen LogP contribution in [0.3, 0.4) is 0 Å². The predicted molar refractivity (Wildman–Crippen MR) is 106 cm³/mol. The summed E-state index contributed by atoms with van der Waals surface area (Å²) in [6.45, 7) is 3.34. The Hall–Kier alpha value is -2.38. The number of fused-ring (bicyclic) bond motifs is 2. The third-order valence-electron chi connectivity index (χ3n) is 5.13. The summed E-state index contributed by atoms with van der Waals surface area (Å²) in [5, 5.41) is 4.04. The first-order chi connectivity index (χ1) is 13.2. The molecule has 1 atom stereocenters. The van der Waals surface area contributed by atoms with Gasteiger partial charge in [0.05, 0.1) is 18.2 Å². The molecule has 7 heteroatoms. The van der Waals surface area contributed by atoms with Crippen LogP contribution in [-0.2, 0) is 11.3 Å². The van der Waals surface area contributed by atoms with Crippen LogP contribution in [0.15, 0.2) is 35.1 Å². The number of aromatic nitrogens is 1. The Morgan fingerprint density at radius 2 is 1.89 bits per heavy atom. The number of ether oxygens (including phenoxy) is 1. The lowest BCUT2D eigenvalue weighted by Crippen LogP contribution is -2.45. The maximum atomic E-state index is 12.4. The fraction of sp³-hybridized carbons (Fsp3) is 0.500. The number of pyridine rings is 1. The topological polar surface area (TPSA) is 89.6 Å². The summed E-state index contributed by atoms with van der Waals surface area (Å²) in [4.78, 5) is 27.0. The van der Waals surface area contributed by atoms with Gasteiger partial charge in [-0.25, -0.2) is 0 Å². The van der Waals surface area contributed by atoms with Crippen molar-refractivity contribution >= 4 is 16.8 Å². The van der Waals surface area contributed by atoms with Gasteiger partial charge in [0.1, 0.15) is 5.75 Å². The molecule has 2 aliphatic heterocycles. The highest BCUT2D eigenvalue weighted by atomic mass is 16.5. The Bertz CT molecular complexity index is 849. The molecule has 1 aromatic heterocycles. The summed E-state index contributed by atoms with van der Waals surface area (Å²) >= 11 is 0. The summed E-state index contributed by atoms with van der Waals surface area (Å²) in [6.07, 6.45) is 2.67. The quantitative estimate of drug-likeness (QED) is 0.718. The standard InChI is InChI=1S/C19H23N3O3.CH5N/c23-18-7-5-14-4-6-15-13-17(14)22(18)11-10-21-9-1-3-16(21)19(24)20-8-2-12-25-15;1-2/h4-7,13,16H,1-3,8-12H2,(H,20,24);2H2,1H3/t16-;/m0./s1. The highest BCUT2D eigenvalue weighted by Crippen LogP contribution is 2.21. The number of carbonyl (C=O) groups excluding carboxylic acids is 1. The maximum Gasteiger partial charge on any atom is 0.251 e. The van der Waals surface area contributed by atoms with Gasteiger partial charge in [0.2, 0.25) is 5.91 Å². The summed E-state index contributed by atoms with van der Waals surface area (Å²) < 4.78 is 7.59. The Kier molecular flexibility index (Phi) is 6.47. The molecule has 0 radical (unpaired) electrons.